The third kappa shape index (κ3) is 2.99. The van der Waals surface area contributed by atoms with Gasteiger partial charge in [0.25, 0.3) is 0 Å². The monoisotopic (exact) mass is 233 g/mol. The number of ether oxygens (including phenoxy) is 1. The minimum Gasteiger partial charge on any atom is -0.493 e. The van der Waals surface area contributed by atoms with Crippen LogP contribution in [-0.2, 0) is 17.6 Å². The van der Waals surface area contributed by atoms with Crippen LogP contribution in [-0.4, -0.2) is 19.6 Å². The summed E-state index contributed by atoms with van der Waals surface area (Å²) in [5, 5.41) is 2.65. The molecule has 0 saturated carbocycles. The zero-order valence-corrected chi connectivity index (χ0v) is 10.3. The fourth-order valence-electron chi connectivity index (χ4n) is 2.26. The van der Waals surface area contributed by atoms with E-state index in [2.05, 4.69) is 11.4 Å². The van der Waals surface area contributed by atoms with Gasteiger partial charge in [0.05, 0.1) is 6.61 Å². The van der Waals surface area contributed by atoms with Crippen molar-refractivity contribution in [3.05, 3.63) is 29.3 Å². The van der Waals surface area contributed by atoms with E-state index in [0.29, 0.717) is 6.42 Å². The van der Waals surface area contributed by atoms with Gasteiger partial charge in [-0.1, -0.05) is 12.1 Å². The third-order valence-corrected chi connectivity index (χ3v) is 3.19. The van der Waals surface area contributed by atoms with Crippen molar-refractivity contribution in [1.29, 1.82) is 0 Å². The SMILES string of the molecule is CNC(=O)CCCc1cccc2c1CCCO2. The molecule has 1 aromatic rings. The minimum atomic E-state index is 0.117. The van der Waals surface area contributed by atoms with E-state index in [4.69, 9.17) is 4.74 Å². The van der Waals surface area contributed by atoms with Crippen LogP contribution < -0.4 is 10.1 Å². The molecule has 0 aromatic heterocycles. The Morgan fingerprint density at radius 2 is 2.35 bits per heavy atom. The smallest absolute Gasteiger partial charge is 0.219 e. The maximum atomic E-state index is 11.2. The molecular formula is C14H19NO2. The Kier molecular flexibility index (Phi) is 4.02. The highest BCUT2D eigenvalue weighted by Gasteiger charge is 2.13. The number of fused-ring (bicyclic) bond motifs is 1. The molecule has 0 saturated heterocycles. The lowest BCUT2D eigenvalue weighted by atomic mass is 9.96. The minimum absolute atomic E-state index is 0.117. The summed E-state index contributed by atoms with van der Waals surface area (Å²) in [6.07, 6.45) is 4.65. The molecule has 0 atom stereocenters. The molecule has 0 fully saturated rings. The first-order chi connectivity index (χ1) is 8.31. The number of aryl methyl sites for hydroxylation is 1. The van der Waals surface area contributed by atoms with Crippen molar-refractivity contribution in [3.8, 4) is 5.75 Å². The largest absolute Gasteiger partial charge is 0.493 e. The van der Waals surface area contributed by atoms with Gasteiger partial charge in [-0.3, -0.25) is 4.79 Å². The van der Waals surface area contributed by atoms with Gasteiger partial charge in [-0.05, 0) is 42.9 Å². The van der Waals surface area contributed by atoms with Crippen LogP contribution in [0.3, 0.4) is 0 Å². The maximum Gasteiger partial charge on any atom is 0.219 e. The summed E-state index contributed by atoms with van der Waals surface area (Å²) in [7, 11) is 1.68. The Bertz CT molecular complexity index is 401. The van der Waals surface area contributed by atoms with E-state index in [9.17, 15) is 4.79 Å². The molecule has 1 aliphatic heterocycles. The Morgan fingerprint density at radius 3 is 3.18 bits per heavy atom. The number of amides is 1. The average molecular weight is 233 g/mol. The van der Waals surface area contributed by atoms with E-state index in [-0.39, 0.29) is 5.91 Å². The second-order valence-electron chi connectivity index (χ2n) is 4.37. The Hall–Kier alpha value is -1.51. The molecule has 0 unspecified atom stereocenters. The summed E-state index contributed by atoms with van der Waals surface area (Å²) < 4.78 is 5.63. The van der Waals surface area contributed by atoms with Crippen molar-refractivity contribution in [3.63, 3.8) is 0 Å². The predicted molar refractivity (Wildman–Crippen MR) is 67.3 cm³/mol. The standard InChI is InChI=1S/C14H19NO2/c1-15-14(16)9-3-6-11-5-2-8-13-12(11)7-4-10-17-13/h2,5,8H,3-4,6-7,9-10H2,1H3,(H,15,16). The maximum absolute atomic E-state index is 11.2. The lowest BCUT2D eigenvalue weighted by Gasteiger charge is -2.20. The number of nitrogens with one attached hydrogen (secondary N) is 1. The van der Waals surface area contributed by atoms with Gasteiger partial charge in [0, 0.05) is 13.5 Å². The lowest BCUT2D eigenvalue weighted by Crippen LogP contribution is -2.17. The first-order valence-electron chi connectivity index (χ1n) is 6.25. The van der Waals surface area contributed by atoms with Crippen LogP contribution in [0.15, 0.2) is 18.2 Å². The van der Waals surface area contributed by atoms with Crippen LogP contribution in [0.1, 0.15) is 30.4 Å². The molecule has 1 aliphatic rings. The van der Waals surface area contributed by atoms with Crippen molar-refractivity contribution >= 4 is 5.91 Å². The zero-order valence-electron chi connectivity index (χ0n) is 10.3. The first kappa shape index (κ1) is 12.0. The molecule has 92 valence electrons. The fraction of sp³-hybridized carbons (Fsp3) is 0.500. The molecule has 0 aliphatic carbocycles. The van der Waals surface area contributed by atoms with Gasteiger partial charge in [-0.15, -0.1) is 0 Å². The topological polar surface area (TPSA) is 38.3 Å². The summed E-state index contributed by atoms with van der Waals surface area (Å²) in [6.45, 7) is 0.828. The van der Waals surface area contributed by atoms with Crippen LogP contribution in [0.5, 0.6) is 5.75 Å². The van der Waals surface area contributed by atoms with Gasteiger partial charge in [-0.25, -0.2) is 0 Å². The first-order valence-corrected chi connectivity index (χ1v) is 6.25. The van der Waals surface area contributed by atoms with Crippen LogP contribution in [0, 0.1) is 0 Å². The Labute approximate surface area is 102 Å². The van der Waals surface area contributed by atoms with Gasteiger partial charge >= 0.3 is 0 Å². The summed E-state index contributed by atoms with van der Waals surface area (Å²) in [6, 6.07) is 6.23. The molecule has 0 bridgehead atoms. The second-order valence-corrected chi connectivity index (χ2v) is 4.37. The average Bonchev–Trinajstić information content (AvgIpc) is 2.39. The highest BCUT2D eigenvalue weighted by atomic mass is 16.5. The second kappa shape index (κ2) is 5.71. The molecule has 1 N–H and O–H groups in total. The van der Waals surface area contributed by atoms with E-state index in [1.165, 1.54) is 11.1 Å². The van der Waals surface area contributed by atoms with Crippen molar-refractivity contribution in [2.75, 3.05) is 13.7 Å². The number of hydrogen-bond acceptors (Lipinski definition) is 2. The Balaban J connectivity index is 1.98. The number of hydrogen-bond donors (Lipinski definition) is 1. The molecule has 1 amide bonds. The number of carbonyl (C=O) groups excluding carboxylic acids is 1. The molecule has 3 nitrogen and oxygen atoms in total. The molecule has 3 heteroatoms. The normalized spacial score (nSPS) is 13.7. The molecule has 17 heavy (non-hydrogen) atoms. The van der Waals surface area contributed by atoms with E-state index in [0.717, 1.165) is 38.0 Å². The summed E-state index contributed by atoms with van der Waals surface area (Å²) in [5.41, 5.74) is 2.68. The fourth-order valence-corrected chi connectivity index (χ4v) is 2.26. The van der Waals surface area contributed by atoms with E-state index in [1.807, 2.05) is 12.1 Å². The molecular weight excluding hydrogens is 214 g/mol. The van der Waals surface area contributed by atoms with Crippen LogP contribution in [0.2, 0.25) is 0 Å². The van der Waals surface area contributed by atoms with Crippen molar-refractivity contribution in [2.45, 2.75) is 32.1 Å². The van der Waals surface area contributed by atoms with Crippen LogP contribution >= 0.6 is 0 Å². The van der Waals surface area contributed by atoms with Crippen LogP contribution in [0.4, 0.5) is 0 Å². The summed E-state index contributed by atoms with van der Waals surface area (Å²) >= 11 is 0. The molecule has 2 rings (SSSR count). The molecule has 0 radical (unpaired) electrons. The van der Waals surface area contributed by atoms with Gasteiger partial charge in [0.1, 0.15) is 5.75 Å². The van der Waals surface area contributed by atoms with Gasteiger partial charge in [-0.2, -0.15) is 0 Å². The number of rotatable bonds is 4. The highest BCUT2D eigenvalue weighted by molar-refractivity contribution is 5.75. The molecule has 1 heterocycles. The predicted octanol–water partition coefficient (Wildman–Crippen LogP) is 2.08. The van der Waals surface area contributed by atoms with Gasteiger partial charge in [0.2, 0.25) is 5.91 Å². The zero-order chi connectivity index (χ0) is 12.1. The van der Waals surface area contributed by atoms with Gasteiger partial charge < -0.3 is 10.1 Å². The summed E-state index contributed by atoms with van der Waals surface area (Å²) in [5.74, 6) is 1.15. The third-order valence-electron chi connectivity index (χ3n) is 3.19. The Morgan fingerprint density at radius 1 is 1.47 bits per heavy atom. The quantitative estimate of drug-likeness (QED) is 0.864. The molecule has 1 aromatic carbocycles. The van der Waals surface area contributed by atoms with Crippen molar-refractivity contribution < 1.29 is 9.53 Å². The highest BCUT2D eigenvalue weighted by Crippen LogP contribution is 2.28. The van der Waals surface area contributed by atoms with Crippen molar-refractivity contribution in [2.24, 2.45) is 0 Å². The molecule has 0 spiro atoms. The number of carbonyl (C=O) groups is 1. The van der Waals surface area contributed by atoms with E-state index >= 15 is 0 Å². The van der Waals surface area contributed by atoms with E-state index < -0.39 is 0 Å². The van der Waals surface area contributed by atoms with Crippen LogP contribution in [0.25, 0.3) is 0 Å². The number of benzene rings is 1. The van der Waals surface area contributed by atoms with Crippen molar-refractivity contribution in [1.82, 2.24) is 5.32 Å². The lowest BCUT2D eigenvalue weighted by molar-refractivity contribution is -0.120. The van der Waals surface area contributed by atoms with E-state index in [1.54, 1.807) is 7.05 Å². The van der Waals surface area contributed by atoms with Gasteiger partial charge in [0.15, 0.2) is 0 Å². The summed E-state index contributed by atoms with van der Waals surface area (Å²) in [4.78, 5) is 11.2.